The summed E-state index contributed by atoms with van der Waals surface area (Å²) in [5.41, 5.74) is 2.41. The van der Waals surface area contributed by atoms with Crippen LogP contribution in [0.2, 0.25) is 0 Å². The Balaban J connectivity index is 1.64. The minimum atomic E-state index is -0.0156. The number of urea groups is 1. The van der Waals surface area contributed by atoms with Crippen molar-refractivity contribution < 1.29 is 4.79 Å². The number of amides is 2. The Morgan fingerprint density at radius 2 is 2.18 bits per heavy atom. The van der Waals surface area contributed by atoms with Gasteiger partial charge in [-0.2, -0.15) is 0 Å². The van der Waals surface area contributed by atoms with Gasteiger partial charge in [-0.15, -0.1) is 0 Å². The van der Waals surface area contributed by atoms with Gasteiger partial charge in [0.1, 0.15) is 0 Å². The van der Waals surface area contributed by atoms with Gasteiger partial charge in [-0.3, -0.25) is 9.97 Å². The first kappa shape index (κ1) is 16.5. The lowest BCUT2D eigenvalue weighted by molar-refractivity contribution is 0.209. The Hall–Kier alpha value is -1.91. The van der Waals surface area contributed by atoms with Crippen LogP contribution in [0.4, 0.5) is 4.79 Å². The van der Waals surface area contributed by atoms with Crippen LogP contribution in [-0.2, 0) is 6.42 Å². The number of allylic oxidation sites excluding steroid dienone is 1. The van der Waals surface area contributed by atoms with E-state index in [0.29, 0.717) is 6.54 Å². The Labute approximate surface area is 132 Å². The van der Waals surface area contributed by atoms with Crippen molar-refractivity contribution in [3.63, 3.8) is 0 Å². The van der Waals surface area contributed by atoms with Crippen LogP contribution >= 0.6 is 0 Å². The SMILES string of the molecule is CN(CCc1cnccn1)C(=O)NCCC1=CCCCCC1. The molecular weight excluding hydrogens is 276 g/mol. The first-order valence-electron chi connectivity index (χ1n) is 8.17. The topological polar surface area (TPSA) is 58.1 Å². The first-order valence-corrected chi connectivity index (χ1v) is 8.17. The zero-order chi connectivity index (χ0) is 15.6. The molecule has 22 heavy (non-hydrogen) atoms. The number of nitrogens with one attached hydrogen (secondary N) is 1. The molecule has 0 saturated heterocycles. The average Bonchev–Trinajstić information content (AvgIpc) is 2.82. The van der Waals surface area contributed by atoms with Crippen molar-refractivity contribution >= 4 is 6.03 Å². The van der Waals surface area contributed by atoms with Crippen molar-refractivity contribution in [1.29, 1.82) is 0 Å². The summed E-state index contributed by atoms with van der Waals surface area (Å²) in [6.07, 6.45) is 15.4. The highest BCUT2D eigenvalue weighted by Gasteiger charge is 2.09. The van der Waals surface area contributed by atoms with Crippen molar-refractivity contribution in [2.24, 2.45) is 0 Å². The molecule has 1 N–H and O–H groups in total. The maximum absolute atomic E-state index is 12.0. The predicted molar refractivity (Wildman–Crippen MR) is 87.5 cm³/mol. The molecule has 5 heteroatoms. The fraction of sp³-hybridized carbons (Fsp3) is 0.588. The van der Waals surface area contributed by atoms with Crippen molar-refractivity contribution in [2.45, 2.75) is 44.9 Å². The van der Waals surface area contributed by atoms with Gasteiger partial charge in [0.05, 0.1) is 5.69 Å². The number of hydrogen-bond acceptors (Lipinski definition) is 3. The number of hydrogen-bond donors (Lipinski definition) is 1. The number of likely N-dealkylation sites (N-methyl/N-ethyl adjacent to an activating group) is 1. The largest absolute Gasteiger partial charge is 0.338 e. The van der Waals surface area contributed by atoms with Gasteiger partial charge < -0.3 is 10.2 Å². The Bertz CT molecular complexity index is 487. The minimum absolute atomic E-state index is 0.0156. The number of rotatable bonds is 6. The fourth-order valence-electron chi connectivity index (χ4n) is 2.62. The van der Waals surface area contributed by atoms with Crippen LogP contribution < -0.4 is 5.32 Å². The molecule has 0 radical (unpaired) electrons. The van der Waals surface area contributed by atoms with Gasteiger partial charge >= 0.3 is 6.03 Å². The third-order valence-corrected chi connectivity index (χ3v) is 4.02. The highest BCUT2D eigenvalue weighted by Crippen LogP contribution is 2.19. The lowest BCUT2D eigenvalue weighted by atomic mass is 10.1. The van der Waals surface area contributed by atoms with Crippen molar-refractivity contribution in [1.82, 2.24) is 20.2 Å². The summed E-state index contributed by atoms with van der Waals surface area (Å²) in [6.45, 7) is 1.37. The van der Waals surface area contributed by atoms with Gasteiger partial charge in [-0.1, -0.05) is 18.1 Å². The summed E-state index contributed by atoms with van der Waals surface area (Å²) < 4.78 is 0. The Morgan fingerprint density at radius 1 is 1.27 bits per heavy atom. The van der Waals surface area contributed by atoms with Gasteiger partial charge in [0, 0.05) is 45.1 Å². The molecule has 5 nitrogen and oxygen atoms in total. The Kier molecular flexibility index (Phi) is 6.87. The second-order valence-corrected chi connectivity index (χ2v) is 5.81. The molecule has 0 fully saturated rings. The van der Waals surface area contributed by atoms with Gasteiger partial charge in [0.25, 0.3) is 0 Å². The molecule has 0 unspecified atom stereocenters. The smallest absolute Gasteiger partial charge is 0.317 e. The van der Waals surface area contributed by atoms with Gasteiger partial charge in [0.2, 0.25) is 0 Å². The van der Waals surface area contributed by atoms with E-state index < -0.39 is 0 Å². The Morgan fingerprint density at radius 3 is 3.00 bits per heavy atom. The van der Waals surface area contributed by atoms with Crippen molar-refractivity contribution in [3.05, 3.63) is 35.9 Å². The van der Waals surface area contributed by atoms with Crippen LogP contribution in [0.15, 0.2) is 30.2 Å². The number of nitrogens with zero attached hydrogens (tertiary/aromatic N) is 3. The summed E-state index contributed by atoms with van der Waals surface area (Å²) in [6, 6.07) is -0.0156. The molecule has 0 bridgehead atoms. The fourth-order valence-corrected chi connectivity index (χ4v) is 2.62. The standard InChI is InChI=1S/C17H26N4O/c1-21(13-9-16-14-18-11-12-19-16)17(22)20-10-8-15-6-4-2-3-5-7-15/h6,11-12,14H,2-5,7-10,13H2,1H3,(H,20,22). The third kappa shape index (κ3) is 5.84. The molecule has 1 aromatic rings. The van der Waals surface area contributed by atoms with E-state index in [4.69, 9.17) is 0 Å². The molecular formula is C17H26N4O. The van der Waals surface area contributed by atoms with Gasteiger partial charge in [-0.05, 0) is 32.1 Å². The number of carbonyl (C=O) groups is 1. The van der Waals surface area contributed by atoms with E-state index in [9.17, 15) is 4.79 Å². The lowest BCUT2D eigenvalue weighted by Crippen LogP contribution is -2.38. The van der Waals surface area contributed by atoms with Crippen LogP contribution in [-0.4, -0.2) is 41.0 Å². The maximum Gasteiger partial charge on any atom is 0.317 e. The zero-order valence-electron chi connectivity index (χ0n) is 13.4. The summed E-state index contributed by atoms with van der Waals surface area (Å²) in [5.74, 6) is 0. The minimum Gasteiger partial charge on any atom is -0.338 e. The van der Waals surface area contributed by atoms with Crippen molar-refractivity contribution in [2.75, 3.05) is 20.1 Å². The zero-order valence-corrected chi connectivity index (χ0v) is 13.4. The molecule has 1 aliphatic carbocycles. The quantitative estimate of drug-likeness (QED) is 0.822. The third-order valence-electron chi connectivity index (χ3n) is 4.02. The summed E-state index contributed by atoms with van der Waals surface area (Å²) in [7, 11) is 1.82. The molecule has 0 saturated carbocycles. The molecule has 0 spiro atoms. The van der Waals surface area contributed by atoms with Crippen LogP contribution in [0.25, 0.3) is 0 Å². The van der Waals surface area contributed by atoms with E-state index in [1.165, 1.54) is 37.7 Å². The van der Waals surface area contributed by atoms with E-state index >= 15 is 0 Å². The monoisotopic (exact) mass is 302 g/mol. The summed E-state index contributed by atoms with van der Waals surface area (Å²) >= 11 is 0. The molecule has 120 valence electrons. The molecule has 0 aliphatic heterocycles. The summed E-state index contributed by atoms with van der Waals surface area (Å²) in [4.78, 5) is 22.0. The van der Waals surface area contributed by atoms with Crippen LogP contribution in [0.5, 0.6) is 0 Å². The van der Waals surface area contributed by atoms with Crippen molar-refractivity contribution in [3.8, 4) is 0 Å². The second kappa shape index (κ2) is 9.18. The molecule has 0 aromatic carbocycles. The number of carbonyl (C=O) groups excluding carboxylic acids is 1. The normalized spacial score (nSPS) is 14.9. The van der Waals surface area contributed by atoms with Crippen LogP contribution in [0.3, 0.4) is 0 Å². The molecule has 1 aliphatic rings. The second-order valence-electron chi connectivity index (χ2n) is 5.81. The molecule has 2 amide bonds. The number of aromatic nitrogens is 2. The first-order chi connectivity index (χ1) is 10.8. The predicted octanol–water partition coefficient (Wildman–Crippen LogP) is 2.94. The molecule has 2 rings (SSSR count). The lowest BCUT2D eigenvalue weighted by Gasteiger charge is -2.18. The highest BCUT2D eigenvalue weighted by atomic mass is 16.2. The van der Waals surface area contributed by atoms with Gasteiger partial charge in [0.15, 0.2) is 0 Å². The van der Waals surface area contributed by atoms with E-state index in [0.717, 1.165) is 25.1 Å². The summed E-state index contributed by atoms with van der Waals surface area (Å²) in [5, 5.41) is 3.00. The van der Waals surface area contributed by atoms with E-state index in [-0.39, 0.29) is 6.03 Å². The molecule has 1 aromatic heterocycles. The maximum atomic E-state index is 12.0. The average molecular weight is 302 g/mol. The highest BCUT2D eigenvalue weighted by molar-refractivity contribution is 5.73. The van der Waals surface area contributed by atoms with E-state index in [1.807, 2.05) is 7.05 Å². The van der Waals surface area contributed by atoms with Crippen LogP contribution in [0, 0.1) is 0 Å². The van der Waals surface area contributed by atoms with E-state index in [1.54, 1.807) is 23.5 Å². The molecule has 0 atom stereocenters. The van der Waals surface area contributed by atoms with E-state index in [2.05, 4.69) is 21.4 Å². The van der Waals surface area contributed by atoms with Crippen LogP contribution in [0.1, 0.15) is 44.2 Å². The van der Waals surface area contributed by atoms with Gasteiger partial charge in [-0.25, -0.2) is 4.79 Å². The molecule has 1 heterocycles.